The Morgan fingerprint density at radius 3 is 2.48 bits per heavy atom. The van der Waals surface area contributed by atoms with Gasteiger partial charge in [0, 0.05) is 12.6 Å². The first-order valence-electron chi connectivity index (χ1n) is 7.28. The van der Waals surface area contributed by atoms with Gasteiger partial charge in [-0.3, -0.25) is 4.79 Å². The lowest BCUT2D eigenvalue weighted by molar-refractivity contribution is -0.116. The van der Waals surface area contributed by atoms with E-state index in [-0.39, 0.29) is 6.54 Å². The monoisotopic (exact) mass is 344 g/mol. The van der Waals surface area contributed by atoms with Crippen molar-refractivity contribution >= 4 is 21.6 Å². The predicted octanol–water partition coefficient (Wildman–Crippen LogP) is 1.70. The number of hydrogen-bond donors (Lipinski definition) is 1. The standard InChI is InChI=1S/C15H24N2O5S/c1-5-6-9-17(23(4,19)20)11-15(18)16-13-8-7-12(21-2)10-14(13)22-3/h7-8,10H,5-6,9,11H2,1-4H3,(H,16,18). The topological polar surface area (TPSA) is 84.9 Å². The third-order valence-electron chi connectivity index (χ3n) is 3.23. The number of sulfonamides is 1. The molecular formula is C15H24N2O5S. The van der Waals surface area contributed by atoms with Crippen LogP contribution in [0.4, 0.5) is 5.69 Å². The van der Waals surface area contributed by atoms with Crippen molar-refractivity contribution in [1.82, 2.24) is 4.31 Å². The number of carbonyl (C=O) groups excluding carboxylic acids is 1. The summed E-state index contributed by atoms with van der Waals surface area (Å²) < 4.78 is 34.9. The Bertz CT molecular complexity index is 631. The van der Waals surface area contributed by atoms with Gasteiger partial charge in [-0.05, 0) is 18.6 Å². The first kappa shape index (κ1) is 19.2. The molecular weight excluding hydrogens is 320 g/mol. The van der Waals surface area contributed by atoms with Crippen LogP contribution in [0.3, 0.4) is 0 Å². The molecule has 0 aliphatic heterocycles. The Kier molecular flexibility index (Phi) is 7.31. The van der Waals surface area contributed by atoms with E-state index < -0.39 is 15.9 Å². The van der Waals surface area contributed by atoms with Gasteiger partial charge in [-0.1, -0.05) is 13.3 Å². The van der Waals surface area contributed by atoms with E-state index >= 15 is 0 Å². The van der Waals surface area contributed by atoms with E-state index in [9.17, 15) is 13.2 Å². The molecule has 0 atom stereocenters. The molecule has 0 unspecified atom stereocenters. The predicted molar refractivity (Wildman–Crippen MR) is 89.5 cm³/mol. The number of unbranched alkanes of at least 4 members (excludes halogenated alkanes) is 1. The SMILES string of the molecule is CCCCN(CC(=O)Nc1ccc(OC)cc1OC)S(C)(=O)=O. The largest absolute Gasteiger partial charge is 0.497 e. The van der Waals surface area contributed by atoms with Gasteiger partial charge in [0.15, 0.2) is 0 Å². The number of carbonyl (C=O) groups is 1. The molecule has 23 heavy (non-hydrogen) atoms. The number of anilines is 1. The van der Waals surface area contributed by atoms with Crippen LogP contribution in [0, 0.1) is 0 Å². The lowest BCUT2D eigenvalue weighted by Gasteiger charge is -2.19. The Hall–Kier alpha value is -1.80. The summed E-state index contributed by atoms with van der Waals surface area (Å²) in [5.74, 6) is 0.618. The number of nitrogens with one attached hydrogen (secondary N) is 1. The summed E-state index contributed by atoms with van der Waals surface area (Å²) in [5.41, 5.74) is 0.460. The van der Waals surface area contributed by atoms with Gasteiger partial charge in [-0.25, -0.2) is 8.42 Å². The van der Waals surface area contributed by atoms with Crippen LogP contribution in [0.2, 0.25) is 0 Å². The third-order valence-corrected chi connectivity index (χ3v) is 4.48. The van der Waals surface area contributed by atoms with Gasteiger partial charge in [0.25, 0.3) is 0 Å². The maximum atomic E-state index is 12.2. The number of nitrogens with zero attached hydrogens (tertiary/aromatic N) is 1. The molecule has 0 saturated heterocycles. The molecule has 8 heteroatoms. The maximum absolute atomic E-state index is 12.2. The first-order chi connectivity index (χ1) is 10.8. The molecule has 0 aliphatic rings. The summed E-state index contributed by atoms with van der Waals surface area (Å²) in [5, 5.41) is 2.67. The molecule has 1 amide bonds. The van der Waals surface area contributed by atoms with E-state index in [1.165, 1.54) is 18.5 Å². The van der Waals surface area contributed by atoms with Crippen LogP contribution in [0.5, 0.6) is 11.5 Å². The molecule has 0 aliphatic carbocycles. The molecule has 1 N–H and O–H groups in total. The lowest BCUT2D eigenvalue weighted by Crippen LogP contribution is -2.38. The van der Waals surface area contributed by atoms with E-state index in [2.05, 4.69) is 5.32 Å². The summed E-state index contributed by atoms with van der Waals surface area (Å²) in [6.45, 7) is 2.05. The quantitative estimate of drug-likeness (QED) is 0.737. The van der Waals surface area contributed by atoms with E-state index in [0.29, 0.717) is 30.2 Å². The highest BCUT2D eigenvalue weighted by molar-refractivity contribution is 7.88. The Morgan fingerprint density at radius 1 is 1.26 bits per heavy atom. The minimum atomic E-state index is -3.43. The van der Waals surface area contributed by atoms with Gasteiger partial charge in [0.2, 0.25) is 15.9 Å². The van der Waals surface area contributed by atoms with Crippen LogP contribution >= 0.6 is 0 Å². The van der Waals surface area contributed by atoms with E-state index in [4.69, 9.17) is 9.47 Å². The molecule has 0 bridgehead atoms. The second-order valence-corrected chi connectivity index (χ2v) is 7.05. The fraction of sp³-hybridized carbons (Fsp3) is 0.533. The molecule has 0 aromatic heterocycles. The molecule has 0 heterocycles. The molecule has 0 saturated carbocycles. The van der Waals surface area contributed by atoms with E-state index in [0.717, 1.165) is 12.7 Å². The second kappa shape index (κ2) is 8.73. The molecule has 130 valence electrons. The number of amides is 1. The van der Waals surface area contributed by atoms with Gasteiger partial charge in [-0.15, -0.1) is 0 Å². The van der Waals surface area contributed by atoms with Crippen molar-refractivity contribution in [1.29, 1.82) is 0 Å². The number of benzene rings is 1. The van der Waals surface area contributed by atoms with Crippen LogP contribution in [0.25, 0.3) is 0 Å². The van der Waals surface area contributed by atoms with Crippen LogP contribution in [-0.2, 0) is 14.8 Å². The van der Waals surface area contributed by atoms with Crippen molar-refractivity contribution in [2.75, 3.05) is 38.9 Å². The lowest BCUT2D eigenvalue weighted by atomic mass is 10.2. The highest BCUT2D eigenvalue weighted by Crippen LogP contribution is 2.28. The van der Waals surface area contributed by atoms with Crippen molar-refractivity contribution in [3.63, 3.8) is 0 Å². The normalized spacial score (nSPS) is 11.3. The average molecular weight is 344 g/mol. The summed E-state index contributed by atoms with van der Waals surface area (Å²) in [6, 6.07) is 4.97. The van der Waals surface area contributed by atoms with Crippen molar-refractivity contribution < 1.29 is 22.7 Å². The second-order valence-electron chi connectivity index (χ2n) is 5.06. The zero-order chi connectivity index (χ0) is 17.5. The smallest absolute Gasteiger partial charge is 0.239 e. The van der Waals surface area contributed by atoms with Gasteiger partial charge >= 0.3 is 0 Å². The van der Waals surface area contributed by atoms with Gasteiger partial charge < -0.3 is 14.8 Å². The van der Waals surface area contributed by atoms with Gasteiger partial charge in [0.1, 0.15) is 11.5 Å². The average Bonchev–Trinajstić information content (AvgIpc) is 2.50. The fourth-order valence-electron chi connectivity index (χ4n) is 1.95. The van der Waals surface area contributed by atoms with Crippen molar-refractivity contribution in [3.05, 3.63) is 18.2 Å². The van der Waals surface area contributed by atoms with Crippen molar-refractivity contribution in [3.8, 4) is 11.5 Å². The number of methoxy groups -OCH3 is 2. The van der Waals surface area contributed by atoms with Crippen LogP contribution in [-0.4, -0.2) is 52.2 Å². The van der Waals surface area contributed by atoms with Crippen molar-refractivity contribution in [2.45, 2.75) is 19.8 Å². The van der Waals surface area contributed by atoms with E-state index in [1.54, 1.807) is 18.2 Å². The van der Waals surface area contributed by atoms with Crippen LogP contribution < -0.4 is 14.8 Å². The minimum Gasteiger partial charge on any atom is -0.497 e. The number of ether oxygens (including phenoxy) is 2. The Labute approximate surface area is 137 Å². The Balaban J connectivity index is 2.82. The fourth-order valence-corrected chi connectivity index (χ4v) is 2.76. The molecule has 1 rings (SSSR count). The van der Waals surface area contributed by atoms with Crippen LogP contribution in [0.1, 0.15) is 19.8 Å². The van der Waals surface area contributed by atoms with Gasteiger partial charge in [0.05, 0.1) is 32.7 Å². The molecule has 0 radical (unpaired) electrons. The van der Waals surface area contributed by atoms with E-state index in [1.807, 2.05) is 6.92 Å². The van der Waals surface area contributed by atoms with Crippen LogP contribution in [0.15, 0.2) is 18.2 Å². The summed E-state index contributed by atoms with van der Waals surface area (Å²) in [4.78, 5) is 12.2. The number of hydrogen-bond acceptors (Lipinski definition) is 5. The number of rotatable bonds is 9. The molecule has 1 aromatic rings. The minimum absolute atomic E-state index is 0.228. The molecule has 0 fully saturated rings. The molecule has 7 nitrogen and oxygen atoms in total. The van der Waals surface area contributed by atoms with Crippen molar-refractivity contribution in [2.24, 2.45) is 0 Å². The first-order valence-corrected chi connectivity index (χ1v) is 9.13. The highest BCUT2D eigenvalue weighted by atomic mass is 32.2. The highest BCUT2D eigenvalue weighted by Gasteiger charge is 2.20. The summed E-state index contributed by atoms with van der Waals surface area (Å²) in [6.07, 6.45) is 2.65. The Morgan fingerprint density at radius 2 is 1.96 bits per heavy atom. The van der Waals surface area contributed by atoms with Gasteiger partial charge in [-0.2, -0.15) is 4.31 Å². The zero-order valence-electron chi connectivity index (χ0n) is 14.0. The third kappa shape index (κ3) is 6.07. The zero-order valence-corrected chi connectivity index (χ0v) is 14.8. The molecule has 1 aromatic carbocycles. The maximum Gasteiger partial charge on any atom is 0.239 e. The molecule has 0 spiro atoms. The summed E-state index contributed by atoms with van der Waals surface area (Å²) in [7, 11) is -0.416. The summed E-state index contributed by atoms with van der Waals surface area (Å²) >= 11 is 0.